The molecule has 0 atom stereocenters. The molecule has 0 spiro atoms. The molecule has 1 heterocycles. The number of anilines is 4. The molecular formula is C22H22F3N5O. The average Bonchev–Trinajstić information content (AvgIpc) is 2.71. The first kappa shape index (κ1) is 22.1. The second kappa shape index (κ2) is 9.46. The van der Waals surface area contributed by atoms with E-state index >= 15 is 0 Å². The molecule has 0 saturated carbocycles. The summed E-state index contributed by atoms with van der Waals surface area (Å²) in [6.07, 6.45) is -2.98. The number of hydrogen-bond donors (Lipinski definition) is 3. The molecule has 2 aromatic carbocycles. The van der Waals surface area contributed by atoms with Gasteiger partial charge in [0.05, 0.1) is 12.0 Å². The van der Waals surface area contributed by atoms with E-state index in [1.54, 1.807) is 30.3 Å². The highest BCUT2D eigenvalue weighted by molar-refractivity contribution is 5.92. The summed E-state index contributed by atoms with van der Waals surface area (Å²) >= 11 is 0. The number of nitrogens with zero attached hydrogens (tertiary/aromatic N) is 2. The zero-order chi connectivity index (χ0) is 22.4. The highest BCUT2D eigenvalue weighted by atomic mass is 19.4. The van der Waals surface area contributed by atoms with E-state index in [1.165, 1.54) is 25.4 Å². The number of alkyl halides is 3. The molecule has 0 fully saturated rings. The highest BCUT2D eigenvalue weighted by Gasteiger charge is 2.32. The molecule has 1 aromatic heterocycles. The number of hydrogen-bond acceptors (Lipinski definition) is 5. The van der Waals surface area contributed by atoms with E-state index < -0.39 is 17.6 Å². The van der Waals surface area contributed by atoms with Gasteiger partial charge in [0, 0.05) is 24.0 Å². The summed E-state index contributed by atoms with van der Waals surface area (Å²) in [5.74, 6) is 0.929. The van der Waals surface area contributed by atoms with E-state index in [0.29, 0.717) is 11.6 Å². The van der Waals surface area contributed by atoms with E-state index in [9.17, 15) is 18.0 Å². The average molecular weight is 429 g/mol. The SMILES string of the molecule is CCNc1cc(Nc2ccc(CC(=O)Nc3ccc(C)c(C(F)(F)F)c3)cc2)ncn1. The number of amides is 1. The Morgan fingerprint density at radius 2 is 1.65 bits per heavy atom. The molecule has 3 aromatic rings. The Balaban J connectivity index is 1.61. The first-order valence-corrected chi connectivity index (χ1v) is 9.64. The predicted octanol–water partition coefficient (Wildman–Crippen LogP) is 5.16. The molecule has 0 unspecified atom stereocenters. The van der Waals surface area contributed by atoms with Crippen LogP contribution in [-0.2, 0) is 17.4 Å². The third-order valence-electron chi connectivity index (χ3n) is 4.44. The molecule has 31 heavy (non-hydrogen) atoms. The molecule has 6 nitrogen and oxygen atoms in total. The van der Waals surface area contributed by atoms with E-state index in [1.807, 2.05) is 6.92 Å². The van der Waals surface area contributed by atoms with E-state index in [0.717, 1.165) is 23.9 Å². The molecule has 0 aliphatic carbocycles. The molecule has 1 amide bonds. The van der Waals surface area contributed by atoms with Crippen molar-refractivity contribution in [3.8, 4) is 0 Å². The predicted molar refractivity (Wildman–Crippen MR) is 114 cm³/mol. The van der Waals surface area contributed by atoms with E-state index in [2.05, 4.69) is 25.9 Å². The number of aromatic nitrogens is 2. The summed E-state index contributed by atoms with van der Waals surface area (Å²) in [5.41, 5.74) is 0.958. The number of rotatable bonds is 7. The Bertz CT molecular complexity index is 1050. The van der Waals surface area contributed by atoms with Crippen molar-refractivity contribution >= 4 is 28.9 Å². The minimum atomic E-state index is -4.47. The second-order valence-electron chi connectivity index (χ2n) is 6.89. The molecule has 0 radical (unpaired) electrons. The van der Waals surface area contributed by atoms with Crippen LogP contribution in [0, 0.1) is 6.92 Å². The first-order chi connectivity index (χ1) is 14.7. The van der Waals surface area contributed by atoms with Crippen molar-refractivity contribution in [2.24, 2.45) is 0 Å². The van der Waals surface area contributed by atoms with Crippen molar-refractivity contribution in [1.82, 2.24) is 9.97 Å². The zero-order valence-electron chi connectivity index (χ0n) is 17.0. The minimum absolute atomic E-state index is 0.0353. The van der Waals surface area contributed by atoms with Crippen molar-refractivity contribution in [2.75, 3.05) is 22.5 Å². The van der Waals surface area contributed by atoms with Crippen LogP contribution in [0.25, 0.3) is 0 Å². The molecule has 3 N–H and O–H groups in total. The molecular weight excluding hydrogens is 407 g/mol. The third-order valence-corrected chi connectivity index (χ3v) is 4.44. The van der Waals surface area contributed by atoms with Crippen LogP contribution in [0.5, 0.6) is 0 Å². The summed E-state index contributed by atoms with van der Waals surface area (Å²) in [6, 6.07) is 12.7. The maximum absolute atomic E-state index is 13.0. The smallest absolute Gasteiger partial charge is 0.370 e. The molecule has 3 rings (SSSR count). The van der Waals surface area contributed by atoms with Crippen molar-refractivity contribution in [1.29, 1.82) is 0 Å². The van der Waals surface area contributed by atoms with Crippen LogP contribution in [-0.4, -0.2) is 22.4 Å². The summed E-state index contributed by atoms with van der Waals surface area (Å²) < 4.78 is 39.1. The van der Waals surface area contributed by atoms with Crippen molar-refractivity contribution in [2.45, 2.75) is 26.4 Å². The monoisotopic (exact) mass is 429 g/mol. The number of aryl methyl sites for hydroxylation is 1. The van der Waals surface area contributed by atoms with Gasteiger partial charge in [-0.3, -0.25) is 4.79 Å². The van der Waals surface area contributed by atoms with Gasteiger partial charge in [0.25, 0.3) is 0 Å². The lowest BCUT2D eigenvalue weighted by Gasteiger charge is -2.13. The van der Waals surface area contributed by atoms with Gasteiger partial charge in [-0.05, 0) is 49.2 Å². The Labute approximate surface area is 177 Å². The summed E-state index contributed by atoms with van der Waals surface area (Å²) in [4.78, 5) is 20.5. The Kier molecular flexibility index (Phi) is 6.74. The number of benzene rings is 2. The number of halogens is 3. The summed E-state index contributed by atoms with van der Waals surface area (Å²) in [5, 5.41) is 8.78. The van der Waals surface area contributed by atoms with Crippen molar-refractivity contribution in [3.63, 3.8) is 0 Å². The topological polar surface area (TPSA) is 78.9 Å². The summed E-state index contributed by atoms with van der Waals surface area (Å²) in [6.45, 7) is 4.10. The largest absolute Gasteiger partial charge is 0.416 e. The van der Waals surface area contributed by atoms with Gasteiger partial charge in [-0.15, -0.1) is 0 Å². The fourth-order valence-corrected chi connectivity index (χ4v) is 2.95. The Morgan fingerprint density at radius 3 is 2.32 bits per heavy atom. The highest BCUT2D eigenvalue weighted by Crippen LogP contribution is 2.33. The van der Waals surface area contributed by atoms with E-state index in [4.69, 9.17) is 0 Å². The van der Waals surface area contributed by atoms with Gasteiger partial charge >= 0.3 is 6.18 Å². The fourth-order valence-electron chi connectivity index (χ4n) is 2.95. The lowest BCUT2D eigenvalue weighted by Crippen LogP contribution is -2.15. The van der Waals surface area contributed by atoms with Crippen molar-refractivity contribution < 1.29 is 18.0 Å². The summed E-state index contributed by atoms with van der Waals surface area (Å²) in [7, 11) is 0. The molecule has 0 saturated heterocycles. The van der Waals surface area contributed by atoms with Gasteiger partial charge in [0.15, 0.2) is 0 Å². The Morgan fingerprint density at radius 1 is 0.968 bits per heavy atom. The van der Waals surface area contributed by atoms with Crippen LogP contribution in [0.4, 0.5) is 36.2 Å². The molecule has 9 heteroatoms. The van der Waals surface area contributed by atoms with Gasteiger partial charge in [-0.2, -0.15) is 13.2 Å². The third kappa shape index (κ3) is 6.18. The van der Waals surface area contributed by atoms with Crippen LogP contribution >= 0.6 is 0 Å². The van der Waals surface area contributed by atoms with Gasteiger partial charge in [0.2, 0.25) is 5.91 Å². The maximum atomic E-state index is 13.0. The van der Waals surface area contributed by atoms with Gasteiger partial charge < -0.3 is 16.0 Å². The van der Waals surface area contributed by atoms with Gasteiger partial charge in [-0.1, -0.05) is 18.2 Å². The zero-order valence-corrected chi connectivity index (χ0v) is 17.0. The van der Waals surface area contributed by atoms with Crippen LogP contribution in [0.15, 0.2) is 54.9 Å². The number of nitrogens with one attached hydrogen (secondary N) is 3. The molecule has 0 aliphatic heterocycles. The van der Waals surface area contributed by atoms with Crippen LogP contribution in [0.3, 0.4) is 0 Å². The van der Waals surface area contributed by atoms with Gasteiger partial charge in [-0.25, -0.2) is 9.97 Å². The van der Waals surface area contributed by atoms with Gasteiger partial charge in [0.1, 0.15) is 18.0 Å². The second-order valence-corrected chi connectivity index (χ2v) is 6.89. The first-order valence-electron chi connectivity index (χ1n) is 9.64. The van der Waals surface area contributed by atoms with Crippen molar-refractivity contribution in [3.05, 3.63) is 71.5 Å². The van der Waals surface area contributed by atoms with Crippen LogP contribution < -0.4 is 16.0 Å². The van der Waals surface area contributed by atoms with Crippen LogP contribution in [0.1, 0.15) is 23.6 Å². The Hall–Kier alpha value is -3.62. The minimum Gasteiger partial charge on any atom is -0.370 e. The van der Waals surface area contributed by atoms with Crippen LogP contribution in [0.2, 0.25) is 0 Å². The van der Waals surface area contributed by atoms with E-state index in [-0.39, 0.29) is 17.7 Å². The normalized spacial score (nSPS) is 11.1. The number of carbonyl (C=O) groups is 1. The fraction of sp³-hybridized carbons (Fsp3) is 0.227. The standard InChI is InChI=1S/C22H22F3N5O/c1-3-26-19-12-20(28-13-27-19)29-16-8-5-15(6-9-16)10-21(31)30-17-7-4-14(2)18(11-17)22(23,24)25/h4-9,11-13H,3,10H2,1-2H3,(H,30,31)(H2,26,27,28,29). The molecule has 0 bridgehead atoms. The molecule has 162 valence electrons. The number of carbonyl (C=O) groups excluding carboxylic acids is 1. The maximum Gasteiger partial charge on any atom is 0.416 e. The lowest BCUT2D eigenvalue weighted by atomic mass is 10.1. The quantitative estimate of drug-likeness (QED) is 0.484. The molecule has 0 aliphatic rings. The lowest BCUT2D eigenvalue weighted by molar-refractivity contribution is -0.138.